The second kappa shape index (κ2) is 8.26. The Bertz CT molecular complexity index is 593. The molecule has 1 nitrogen and oxygen atoms in total. The summed E-state index contributed by atoms with van der Waals surface area (Å²) in [4.78, 5) is 0. The van der Waals surface area contributed by atoms with Crippen molar-refractivity contribution in [1.82, 2.24) is 0 Å². The number of benzene rings is 2. The highest BCUT2D eigenvalue weighted by molar-refractivity contribution is 9.10. The van der Waals surface area contributed by atoms with E-state index in [0.29, 0.717) is 0 Å². The van der Waals surface area contributed by atoms with Crippen molar-refractivity contribution in [3.63, 3.8) is 0 Å². The first-order valence-corrected chi connectivity index (χ1v) is 8.10. The van der Waals surface area contributed by atoms with Crippen molar-refractivity contribution in [2.24, 2.45) is 0 Å². The zero-order valence-electron chi connectivity index (χ0n) is 11.8. The van der Waals surface area contributed by atoms with Gasteiger partial charge < -0.3 is 4.74 Å². The number of halogens is 2. The van der Waals surface area contributed by atoms with Gasteiger partial charge >= 0.3 is 0 Å². The number of hydrogen-bond donors (Lipinski definition) is 0. The van der Waals surface area contributed by atoms with Crippen molar-refractivity contribution in [1.29, 1.82) is 0 Å². The van der Waals surface area contributed by atoms with Gasteiger partial charge in [0, 0.05) is 9.50 Å². The summed E-state index contributed by atoms with van der Waals surface area (Å²) in [5.41, 5.74) is 3.73. The van der Waals surface area contributed by atoms with Crippen molar-refractivity contribution in [3.05, 3.63) is 81.5 Å². The summed E-state index contributed by atoms with van der Waals surface area (Å²) >= 11 is 9.72. The lowest BCUT2D eigenvalue weighted by Crippen LogP contribution is -1.94. The maximum absolute atomic E-state index is 6.23. The van der Waals surface area contributed by atoms with E-state index >= 15 is 0 Å². The normalized spacial score (nSPS) is 10.4. The van der Waals surface area contributed by atoms with E-state index in [2.05, 4.69) is 52.8 Å². The highest BCUT2D eigenvalue weighted by atomic mass is 79.9. The molecule has 0 fully saturated rings. The van der Waals surface area contributed by atoms with Gasteiger partial charge in [-0.25, -0.2) is 0 Å². The predicted molar refractivity (Wildman–Crippen MR) is 92.9 cm³/mol. The minimum Gasteiger partial charge on any atom is -0.502 e. The SMILES string of the molecule is C=COCCCc1ccc(Cc2cc(Br)ccc2Cl)cc1. The number of aryl methyl sites for hydroxylation is 1. The van der Waals surface area contributed by atoms with Crippen molar-refractivity contribution in [3.8, 4) is 0 Å². The molecule has 0 heterocycles. The summed E-state index contributed by atoms with van der Waals surface area (Å²) in [5.74, 6) is 0. The minimum absolute atomic E-state index is 0.721. The Morgan fingerprint density at radius 2 is 1.81 bits per heavy atom. The molecule has 0 saturated heterocycles. The van der Waals surface area contributed by atoms with E-state index < -0.39 is 0 Å². The first kappa shape index (κ1) is 16.1. The Labute approximate surface area is 139 Å². The van der Waals surface area contributed by atoms with Crippen LogP contribution in [0, 0.1) is 0 Å². The number of ether oxygens (including phenoxy) is 1. The quantitative estimate of drug-likeness (QED) is 0.446. The maximum Gasteiger partial charge on any atom is 0.0876 e. The maximum atomic E-state index is 6.23. The highest BCUT2D eigenvalue weighted by Crippen LogP contribution is 2.23. The molecule has 0 aliphatic carbocycles. The lowest BCUT2D eigenvalue weighted by molar-refractivity contribution is 0.246. The predicted octanol–water partition coefficient (Wildman–Crippen LogP) is 5.79. The topological polar surface area (TPSA) is 9.23 Å². The van der Waals surface area contributed by atoms with E-state index in [1.807, 2.05) is 12.1 Å². The van der Waals surface area contributed by atoms with Gasteiger partial charge in [0.15, 0.2) is 0 Å². The van der Waals surface area contributed by atoms with E-state index in [1.165, 1.54) is 17.4 Å². The molecule has 0 saturated carbocycles. The van der Waals surface area contributed by atoms with Crippen LogP contribution >= 0.6 is 27.5 Å². The van der Waals surface area contributed by atoms with Gasteiger partial charge in [0.25, 0.3) is 0 Å². The van der Waals surface area contributed by atoms with Crippen LogP contribution in [0.4, 0.5) is 0 Å². The van der Waals surface area contributed by atoms with Crippen molar-refractivity contribution in [2.45, 2.75) is 19.3 Å². The van der Waals surface area contributed by atoms with Crippen molar-refractivity contribution in [2.75, 3.05) is 6.61 Å². The summed E-state index contributed by atoms with van der Waals surface area (Å²) < 4.78 is 6.18. The molecule has 2 aromatic carbocycles. The standard InChI is InChI=1S/C18H18BrClO/c1-2-21-11-3-4-14-5-7-15(8-6-14)12-16-13-17(19)9-10-18(16)20/h2,5-10,13H,1,3-4,11-12H2. The van der Waals surface area contributed by atoms with Crippen LogP contribution in [0.2, 0.25) is 5.02 Å². The van der Waals surface area contributed by atoms with E-state index in [1.54, 1.807) is 0 Å². The molecule has 2 aromatic rings. The zero-order valence-corrected chi connectivity index (χ0v) is 14.2. The van der Waals surface area contributed by atoms with Crippen LogP contribution in [-0.2, 0) is 17.6 Å². The summed E-state index contributed by atoms with van der Waals surface area (Å²) in [6.45, 7) is 4.25. The first-order valence-electron chi connectivity index (χ1n) is 6.93. The molecule has 0 aromatic heterocycles. The Morgan fingerprint density at radius 1 is 1.10 bits per heavy atom. The van der Waals surface area contributed by atoms with Crippen molar-refractivity contribution < 1.29 is 4.74 Å². The van der Waals surface area contributed by atoms with Gasteiger partial charge in [-0.2, -0.15) is 0 Å². The summed E-state index contributed by atoms with van der Waals surface area (Å²) in [7, 11) is 0. The van der Waals surface area contributed by atoms with Crippen LogP contribution in [-0.4, -0.2) is 6.61 Å². The minimum atomic E-state index is 0.721. The molecule has 2 rings (SSSR count). The van der Waals surface area contributed by atoms with Gasteiger partial charge in [-0.05, 0) is 54.2 Å². The molecule has 3 heteroatoms. The first-order chi connectivity index (χ1) is 10.2. The third kappa shape index (κ3) is 5.22. The average Bonchev–Trinajstić information content (AvgIpc) is 2.49. The molecule has 0 aliphatic heterocycles. The molecule has 0 spiro atoms. The van der Waals surface area contributed by atoms with E-state index in [-0.39, 0.29) is 0 Å². The third-order valence-electron chi connectivity index (χ3n) is 3.27. The Balaban J connectivity index is 1.95. The Kier molecular flexibility index (Phi) is 6.34. The summed E-state index contributed by atoms with van der Waals surface area (Å²) in [5, 5.41) is 0.809. The average molecular weight is 366 g/mol. The van der Waals surface area contributed by atoms with Gasteiger partial charge in [0.1, 0.15) is 0 Å². The third-order valence-corrected chi connectivity index (χ3v) is 4.13. The highest BCUT2D eigenvalue weighted by Gasteiger charge is 2.03. The fourth-order valence-corrected chi connectivity index (χ4v) is 2.76. The second-order valence-corrected chi connectivity index (χ2v) is 6.19. The molecule has 21 heavy (non-hydrogen) atoms. The summed E-state index contributed by atoms with van der Waals surface area (Å²) in [6, 6.07) is 14.6. The smallest absolute Gasteiger partial charge is 0.0876 e. The van der Waals surface area contributed by atoms with Crippen LogP contribution in [0.3, 0.4) is 0 Å². The van der Waals surface area contributed by atoms with E-state index in [9.17, 15) is 0 Å². The molecule has 110 valence electrons. The molecule has 0 amide bonds. The van der Waals surface area contributed by atoms with E-state index in [4.69, 9.17) is 16.3 Å². The molecule has 0 atom stereocenters. The second-order valence-electron chi connectivity index (χ2n) is 4.87. The number of hydrogen-bond acceptors (Lipinski definition) is 1. The van der Waals surface area contributed by atoms with Gasteiger partial charge in [-0.1, -0.05) is 58.4 Å². The monoisotopic (exact) mass is 364 g/mol. The molecule has 0 bridgehead atoms. The van der Waals surface area contributed by atoms with E-state index in [0.717, 1.165) is 40.9 Å². The van der Waals surface area contributed by atoms with Gasteiger partial charge in [0.05, 0.1) is 12.9 Å². The van der Waals surface area contributed by atoms with Crippen LogP contribution in [0.25, 0.3) is 0 Å². The van der Waals surface area contributed by atoms with Crippen LogP contribution < -0.4 is 0 Å². The molecular weight excluding hydrogens is 348 g/mol. The van der Waals surface area contributed by atoms with Crippen LogP contribution in [0.1, 0.15) is 23.1 Å². The number of rotatable bonds is 7. The molecular formula is C18H18BrClO. The Morgan fingerprint density at radius 3 is 2.52 bits per heavy atom. The van der Waals surface area contributed by atoms with Gasteiger partial charge in [-0.15, -0.1) is 0 Å². The van der Waals surface area contributed by atoms with Gasteiger partial charge in [-0.3, -0.25) is 0 Å². The van der Waals surface area contributed by atoms with Crippen LogP contribution in [0.5, 0.6) is 0 Å². The molecule has 0 aliphatic rings. The largest absolute Gasteiger partial charge is 0.502 e. The molecule has 0 radical (unpaired) electrons. The van der Waals surface area contributed by atoms with Crippen molar-refractivity contribution >= 4 is 27.5 Å². The molecule has 0 unspecified atom stereocenters. The lowest BCUT2D eigenvalue weighted by Gasteiger charge is -2.07. The lowest BCUT2D eigenvalue weighted by atomic mass is 10.0. The Hall–Kier alpha value is -1.25. The zero-order chi connectivity index (χ0) is 15.1. The fourth-order valence-electron chi connectivity index (χ4n) is 2.17. The molecule has 0 N–H and O–H groups in total. The van der Waals surface area contributed by atoms with Crippen LogP contribution in [0.15, 0.2) is 59.8 Å². The van der Waals surface area contributed by atoms with Gasteiger partial charge in [0.2, 0.25) is 0 Å². The fraction of sp³-hybridized carbons (Fsp3) is 0.222. The summed E-state index contributed by atoms with van der Waals surface area (Å²) in [6.07, 6.45) is 4.36.